The maximum Gasteiger partial charge on any atom is 0.330 e. The maximum absolute atomic E-state index is 12.3. The van der Waals surface area contributed by atoms with Crippen LogP contribution in [-0.4, -0.2) is 67.9 Å². The van der Waals surface area contributed by atoms with Crippen molar-refractivity contribution in [2.24, 2.45) is 5.41 Å². The molecule has 0 atom stereocenters. The van der Waals surface area contributed by atoms with Crippen LogP contribution in [0.2, 0.25) is 0 Å². The highest BCUT2D eigenvalue weighted by molar-refractivity contribution is 5.98. The van der Waals surface area contributed by atoms with Gasteiger partial charge in [-0.15, -0.1) is 5.06 Å². The lowest BCUT2D eigenvalue weighted by molar-refractivity contribution is -0.206. The molecule has 0 aliphatic carbocycles. The summed E-state index contributed by atoms with van der Waals surface area (Å²) in [5, 5.41) is 7.69. The van der Waals surface area contributed by atoms with Gasteiger partial charge in [0.05, 0.1) is 16.8 Å². The first-order valence-electron chi connectivity index (χ1n) is 14.8. The number of anilines is 1. The summed E-state index contributed by atoms with van der Waals surface area (Å²) in [4.78, 5) is 29.4. The number of ether oxygens (including phenoxy) is 1. The van der Waals surface area contributed by atoms with Crippen molar-refractivity contribution in [2.45, 2.75) is 58.5 Å². The predicted octanol–water partition coefficient (Wildman–Crippen LogP) is 5.47. The minimum Gasteiger partial charge on any atom is -0.457 e. The summed E-state index contributed by atoms with van der Waals surface area (Å²) in [5.41, 5.74) is 8.39. The fourth-order valence-corrected chi connectivity index (χ4v) is 5.81. The molecule has 0 saturated carbocycles. The molecule has 2 aromatic carbocycles. The average Bonchev–Trinajstić information content (AvgIpc) is 3.39. The van der Waals surface area contributed by atoms with Gasteiger partial charge in [-0.1, -0.05) is 18.2 Å². The first-order valence-corrected chi connectivity index (χ1v) is 14.8. The number of aromatic nitrogens is 4. The summed E-state index contributed by atoms with van der Waals surface area (Å²) in [6.07, 6.45) is 5.45. The third-order valence-electron chi connectivity index (χ3n) is 8.23. The number of hydroxylamine groups is 2. The van der Waals surface area contributed by atoms with Crippen LogP contribution in [0.4, 0.5) is 5.82 Å². The van der Waals surface area contributed by atoms with E-state index < -0.39 is 5.41 Å². The van der Waals surface area contributed by atoms with Gasteiger partial charge >= 0.3 is 5.97 Å². The minimum absolute atomic E-state index is 0.173. The number of nitrogens with zero attached hydrogens (tertiary/aromatic N) is 6. The molecule has 0 amide bonds. The molecule has 0 radical (unpaired) electrons. The van der Waals surface area contributed by atoms with Crippen molar-refractivity contribution in [3.8, 4) is 22.8 Å². The SMILES string of the molecule is CC(C)(C)C(=O)ON1CCC(N2CCC(n3nc(-c4ccc(Oc5ccccc5)cc4)c4c(N)ncnc43)CC2)CC1. The lowest BCUT2D eigenvalue weighted by atomic mass is 9.97. The van der Waals surface area contributed by atoms with Crippen molar-refractivity contribution in [2.75, 3.05) is 31.9 Å². The van der Waals surface area contributed by atoms with Crippen molar-refractivity contribution < 1.29 is 14.4 Å². The monoisotopic (exact) mass is 569 g/mol. The predicted molar refractivity (Wildman–Crippen MR) is 162 cm³/mol. The molecular formula is C32H39N7O3. The summed E-state index contributed by atoms with van der Waals surface area (Å²) in [6.45, 7) is 9.16. The Hall–Kier alpha value is -4.02. The highest BCUT2D eigenvalue weighted by Crippen LogP contribution is 2.36. The van der Waals surface area contributed by atoms with Crippen LogP contribution in [-0.2, 0) is 9.63 Å². The molecule has 0 spiro atoms. The molecule has 2 aliphatic heterocycles. The van der Waals surface area contributed by atoms with Crippen molar-refractivity contribution >= 4 is 22.8 Å². The maximum atomic E-state index is 12.3. The molecule has 4 heterocycles. The van der Waals surface area contributed by atoms with Gasteiger partial charge in [0.2, 0.25) is 0 Å². The third-order valence-corrected chi connectivity index (χ3v) is 8.23. The number of rotatable bonds is 6. The molecule has 2 fully saturated rings. The van der Waals surface area contributed by atoms with Crippen LogP contribution >= 0.6 is 0 Å². The lowest BCUT2D eigenvalue weighted by Crippen LogP contribution is -2.48. The zero-order valence-electron chi connectivity index (χ0n) is 24.6. The van der Waals surface area contributed by atoms with Crippen molar-refractivity contribution in [3.05, 3.63) is 60.9 Å². The zero-order chi connectivity index (χ0) is 29.3. The Balaban J connectivity index is 1.13. The van der Waals surface area contributed by atoms with Crippen LogP contribution in [0, 0.1) is 5.41 Å². The number of hydrogen-bond acceptors (Lipinski definition) is 9. The number of carbonyl (C=O) groups excluding carboxylic acids is 1. The molecular weight excluding hydrogens is 530 g/mol. The smallest absolute Gasteiger partial charge is 0.330 e. The summed E-state index contributed by atoms with van der Waals surface area (Å²) in [5.74, 6) is 1.80. The van der Waals surface area contributed by atoms with Gasteiger partial charge in [-0.2, -0.15) is 5.10 Å². The first-order chi connectivity index (χ1) is 20.3. The number of piperidine rings is 2. The van der Waals surface area contributed by atoms with Crippen LogP contribution in [0.25, 0.3) is 22.3 Å². The van der Waals surface area contributed by atoms with Gasteiger partial charge in [-0.05, 0) is 82.9 Å². The fourth-order valence-electron chi connectivity index (χ4n) is 5.81. The Morgan fingerprint density at radius 2 is 1.50 bits per heavy atom. The summed E-state index contributed by atoms with van der Waals surface area (Å²) in [7, 11) is 0. The lowest BCUT2D eigenvalue weighted by Gasteiger charge is -2.41. The van der Waals surface area contributed by atoms with E-state index in [-0.39, 0.29) is 12.0 Å². The van der Waals surface area contributed by atoms with Gasteiger partial charge in [0.25, 0.3) is 0 Å². The topological polar surface area (TPSA) is 112 Å². The van der Waals surface area contributed by atoms with Gasteiger partial charge in [-0.3, -0.25) is 0 Å². The molecule has 2 aromatic heterocycles. The number of benzene rings is 2. The Morgan fingerprint density at radius 1 is 0.857 bits per heavy atom. The first kappa shape index (κ1) is 28.1. The third kappa shape index (κ3) is 5.96. The zero-order valence-corrected chi connectivity index (χ0v) is 24.6. The van der Waals surface area contributed by atoms with E-state index in [1.807, 2.05) is 80.4 Å². The van der Waals surface area contributed by atoms with Gasteiger partial charge < -0.3 is 20.2 Å². The number of carbonyl (C=O) groups is 1. The molecule has 10 nitrogen and oxygen atoms in total. The van der Waals surface area contributed by atoms with E-state index in [1.165, 1.54) is 6.33 Å². The Kier molecular flexibility index (Phi) is 7.83. The van der Waals surface area contributed by atoms with Crippen LogP contribution in [0.1, 0.15) is 52.5 Å². The second-order valence-electron chi connectivity index (χ2n) is 12.2. The van der Waals surface area contributed by atoms with Gasteiger partial charge in [0.1, 0.15) is 29.3 Å². The molecule has 2 saturated heterocycles. The number of likely N-dealkylation sites (tertiary alicyclic amines) is 1. The van der Waals surface area contributed by atoms with Crippen LogP contribution in [0.5, 0.6) is 11.5 Å². The summed E-state index contributed by atoms with van der Waals surface area (Å²) < 4.78 is 8.03. The van der Waals surface area contributed by atoms with Crippen LogP contribution in [0.3, 0.4) is 0 Å². The Morgan fingerprint density at radius 3 is 2.17 bits per heavy atom. The molecule has 0 bridgehead atoms. The summed E-state index contributed by atoms with van der Waals surface area (Å²) in [6, 6.07) is 18.3. The number of fused-ring (bicyclic) bond motifs is 1. The normalized spacial score (nSPS) is 17.9. The van der Waals surface area contributed by atoms with E-state index in [0.29, 0.717) is 11.9 Å². The van der Waals surface area contributed by atoms with E-state index in [1.54, 1.807) is 0 Å². The number of nitrogen functional groups attached to an aromatic ring is 1. The second-order valence-corrected chi connectivity index (χ2v) is 12.2. The fraction of sp³-hybridized carbons (Fsp3) is 0.438. The average molecular weight is 570 g/mol. The van der Waals surface area contributed by atoms with E-state index >= 15 is 0 Å². The molecule has 6 rings (SSSR count). The molecule has 220 valence electrons. The quantitative estimate of drug-likeness (QED) is 0.323. The highest BCUT2D eigenvalue weighted by Gasteiger charge is 2.33. The van der Waals surface area contributed by atoms with Gasteiger partial charge in [-0.25, -0.2) is 19.4 Å². The van der Waals surface area contributed by atoms with Crippen molar-refractivity contribution in [3.63, 3.8) is 0 Å². The number of nitrogens with two attached hydrogens (primary N) is 1. The Labute approximate surface area is 246 Å². The molecule has 2 aliphatic rings. The number of para-hydroxylation sites is 1. The Bertz CT molecular complexity index is 1520. The second kappa shape index (κ2) is 11.7. The van der Waals surface area contributed by atoms with Gasteiger partial charge in [0.15, 0.2) is 5.65 Å². The minimum atomic E-state index is -0.495. The molecule has 10 heteroatoms. The largest absolute Gasteiger partial charge is 0.457 e. The molecule has 0 unspecified atom stereocenters. The van der Waals surface area contributed by atoms with E-state index in [9.17, 15) is 4.79 Å². The van der Waals surface area contributed by atoms with Gasteiger partial charge in [0, 0.05) is 37.8 Å². The molecule has 42 heavy (non-hydrogen) atoms. The molecule has 2 N–H and O–H groups in total. The van der Waals surface area contributed by atoms with E-state index in [4.69, 9.17) is 20.4 Å². The van der Waals surface area contributed by atoms with Crippen molar-refractivity contribution in [1.29, 1.82) is 0 Å². The van der Waals surface area contributed by atoms with E-state index in [2.05, 4.69) is 19.5 Å². The van der Waals surface area contributed by atoms with Crippen LogP contribution in [0.15, 0.2) is 60.9 Å². The standard InChI is InChI=1S/C32H39N7O3/c1-32(2,3)31(40)42-38-19-15-23(16-20-38)37-17-13-24(14-18-37)39-30-27(29(33)34-21-35-30)28(36-39)22-9-11-26(12-10-22)41-25-7-5-4-6-8-25/h4-12,21,23-24H,13-20H2,1-3H3,(H2,33,34,35). The highest BCUT2D eigenvalue weighted by atomic mass is 16.7. The van der Waals surface area contributed by atoms with E-state index in [0.717, 1.165) is 85.7 Å². The van der Waals surface area contributed by atoms with Crippen LogP contribution < -0.4 is 10.5 Å². The number of hydrogen-bond donors (Lipinski definition) is 1. The molecule has 4 aromatic rings. The summed E-state index contributed by atoms with van der Waals surface area (Å²) >= 11 is 0. The van der Waals surface area contributed by atoms with Crippen molar-refractivity contribution in [1.82, 2.24) is 29.7 Å².